The second kappa shape index (κ2) is 10.8. The Labute approximate surface area is 160 Å². The van der Waals surface area contributed by atoms with Crippen LogP contribution in [0.4, 0.5) is 0 Å². The Morgan fingerprint density at radius 3 is 3.00 bits per heavy atom. The maximum absolute atomic E-state index is 5.75. The Kier molecular flexibility index (Phi) is 7.85. The van der Waals surface area contributed by atoms with E-state index in [0.717, 1.165) is 55.8 Å². The molecule has 150 valence electrons. The summed E-state index contributed by atoms with van der Waals surface area (Å²) in [7, 11) is 0. The van der Waals surface area contributed by atoms with Crippen LogP contribution in [0.15, 0.2) is 23.2 Å². The molecule has 0 aromatic heterocycles. The van der Waals surface area contributed by atoms with Gasteiger partial charge in [0.05, 0.1) is 19.3 Å². The third-order valence-corrected chi connectivity index (χ3v) is 4.17. The molecule has 2 N–H and O–H groups in total. The molecule has 2 aliphatic heterocycles. The number of benzene rings is 1. The molecular weight excluding hydrogens is 350 g/mol. The van der Waals surface area contributed by atoms with E-state index in [4.69, 9.17) is 23.7 Å². The van der Waals surface area contributed by atoms with Gasteiger partial charge in [-0.15, -0.1) is 0 Å². The largest absolute Gasteiger partial charge is 0.492 e. The average molecular weight is 379 g/mol. The Balaban J connectivity index is 1.31. The van der Waals surface area contributed by atoms with Gasteiger partial charge in [0.2, 0.25) is 6.79 Å². The molecule has 0 saturated carbocycles. The van der Waals surface area contributed by atoms with E-state index in [0.29, 0.717) is 26.3 Å². The molecule has 2 heterocycles. The fourth-order valence-electron chi connectivity index (χ4n) is 2.80. The summed E-state index contributed by atoms with van der Waals surface area (Å²) in [5.74, 6) is 3.03. The van der Waals surface area contributed by atoms with Crippen LogP contribution >= 0.6 is 0 Å². The third kappa shape index (κ3) is 6.48. The number of nitrogens with one attached hydrogen (secondary N) is 2. The van der Waals surface area contributed by atoms with Gasteiger partial charge in [-0.3, -0.25) is 4.99 Å². The predicted molar refractivity (Wildman–Crippen MR) is 102 cm³/mol. The van der Waals surface area contributed by atoms with Gasteiger partial charge in [-0.2, -0.15) is 0 Å². The van der Waals surface area contributed by atoms with Crippen LogP contribution in [0.25, 0.3) is 0 Å². The van der Waals surface area contributed by atoms with Crippen LogP contribution in [0.3, 0.4) is 0 Å². The van der Waals surface area contributed by atoms with Crippen molar-refractivity contribution in [2.75, 3.05) is 52.9 Å². The molecule has 0 bridgehead atoms. The minimum Gasteiger partial charge on any atom is -0.492 e. The summed E-state index contributed by atoms with van der Waals surface area (Å²) < 4.78 is 27.4. The molecule has 8 nitrogen and oxygen atoms in total. The van der Waals surface area contributed by atoms with Gasteiger partial charge in [0.1, 0.15) is 12.4 Å². The van der Waals surface area contributed by atoms with Crippen molar-refractivity contribution in [1.82, 2.24) is 10.6 Å². The highest BCUT2D eigenvalue weighted by atomic mass is 16.7. The van der Waals surface area contributed by atoms with Crippen LogP contribution < -0.4 is 24.8 Å². The maximum atomic E-state index is 5.75. The first-order valence-electron chi connectivity index (χ1n) is 9.59. The summed E-state index contributed by atoms with van der Waals surface area (Å²) in [6.07, 6.45) is 2.14. The monoisotopic (exact) mass is 379 g/mol. The van der Waals surface area contributed by atoms with E-state index in [1.54, 1.807) is 0 Å². The topological polar surface area (TPSA) is 82.6 Å². The number of hydrogen-bond donors (Lipinski definition) is 2. The van der Waals surface area contributed by atoms with Crippen molar-refractivity contribution < 1.29 is 23.7 Å². The summed E-state index contributed by atoms with van der Waals surface area (Å²) in [4.78, 5) is 4.56. The molecule has 27 heavy (non-hydrogen) atoms. The number of aliphatic imine (C=N–C) groups is 1. The lowest BCUT2D eigenvalue weighted by Gasteiger charge is -2.13. The molecule has 0 spiro atoms. The number of nitrogens with zero attached hydrogens (tertiary/aromatic N) is 1. The minimum atomic E-state index is 0.258. The quantitative estimate of drug-likeness (QED) is 0.363. The van der Waals surface area contributed by atoms with Crippen molar-refractivity contribution in [3.63, 3.8) is 0 Å². The first-order valence-corrected chi connectivity index (χ1v) is 9.59. The van der Waals surface area contributed by atoms with Crippen LogP contribution in [0, 0.1) is 0 Å². The molecule has 1 saturated heterocycles. The summed E-state index contributed by atoms with van der Waals surface area (Å²) in [6.45, 7) is 7.25. The fourth-order valence-corrected chi connectivity index (χ4v) is 2.80. The third-order valence-electron chi connectivity index (χ3n) is 4.17. The smallest absolute Gasteiger partial charge is 0.231 e. The molecule has 1 aromatic rings. The van der Waals surface area contributed by atoms with Crippen LogP contribution in [-0.2, 0) is 9.47 Å². The van der Waals surface area contributed by atoms with Crippen molar-refractivity contribution in [2.24, 2.45) is 4.99 Å². The minimum absolute atomic E-state index is 0.258. The number of fused-ring (bicyclic) bond motifs is 1. The van der Waals surface area contributed by atoms with E-state index in [1.807, 2.05) is 25.1 Å². The zero-order chi connectivity index (χ0) is 18.7. The van der Waals surface area contributed by atoms with Crippen molar-refractivity contribution >= 4 is 5.96 Å². The maximum Gasteiger partial charge on any atom is 0.231 e. The number of guanidine groups is 1. The van der Waals surface area contributed by atoms with Gasteiger partial charge < -0.3 is 34.3 Å². The summed E-state index contributed by atoms with van der Waals surface area (Å²) in [6, 6.07) is 5.58. The number of rotatable bonds is 10. The normalized spacial score (nSPS) is 18.6. The van der Waals surface area contributed by atoms with E-state index in [9.17, 15) is 0 Å². The highest BCUT2D eigenvalue weighted by molar-refractivity contribution is 5.79. The molecule has 3 rings (SSSR count). The van der Waals surface area contributed by atoms with Crippen molar-refractivity contribution in [3.05, 3.63) is 18.2 Å². The molecule has 0 aliphatic carbocycles. The van der Waals surface area contributed by atoms with E-state index in [-0.39, 0.29) is 12.9 Å². The number of hydrogen-bond acceptors (Lipinski definition) is 6. The molecule has 2 aliphatic rings. The zero-order valence-corrected chi connectivity index (χ0v) is 15.9. The van der Waals surface area contributed by atoms with Gasteiger partial charge >= 0.3 is 0 Å². The highest BCUT2D eigenvalue weighted by Gasteiger charge is 2.15. The van der Waals surface area contributed by atoms with E-state index in [2.05, 4.69) is 15.6 Å². The SMILES string of the molecule is CCNC(=NCCCOC1CCOC1)NCCOc1ccc2c(c1)OCO2. The summed E-state index contributed by atoms with van der Waals surface area (Å²) in [5.41, 5.74) is 0. The van der Waals surface area contributed by atoms with Crippen molar-refractivity contribution in [1.29, 1.82) is 0 Å². The number of ether oxygens (including phenoxy) is 5. The lowest BCUT2D eigenvalue weighted by Crippen LogP contribution is -2.39. The predicted octanol–water partition coefficient (Wildman–Crippen LogP) is 1.54. The molecule has 0 radical (unpaired) electrons. The fraction of sp³-hybridized carbons (Fsp3) is 0.632. The van der Waals surface area contributed by atoms with E-state index < -0.39 is 0 Å². The first-order chi connectivity index (χ1) is 13.3. The van der Waals surface area contributed by atoms with Crippen LogP contribution in [-0.4, -0.2) is 64.9 Å². The highest BCUT2D eigenvalue weighted by Crippen LogP contribution is 2.34. The Morgan fingerprint density at radius 1 is 1.22 bits per heavy atom. The van der Waals surface area contributed by atoms with Gasteiger partial charge in [-0.1, -0.05) is 0 Å². The van der Waals surface area contributed by atoms with Crippen LogP contribution in [0.1, 0.15) is 19.8 Å². The molecule has 1 fully saturated rings. The standard InChI is InChI=1S/C19H29N3O5/c1-2-20-19(21-7-3-9-24-16-6-10-23-13-16)22-8-11-25-15-4-5-17-18(12-15)27-14-26-17/h4-5,12,16H,2-3,6-11,13-14H2,1H3,(H2,20,21,22). The van der Waals surface area contributed by atoms with Crippen LogP contribution in [0.2, 0.25) is 0 Å². The van der Waals surface area contributed by atoms with Gasteiger partial charge in [0.25, 0.3) is 0 Å². The van der Waals surface area contributed by atoms with Gasteiger partial charge in [-0.05, 0) is 31.9 Å². The first kappa shape index (κ1) is 19.6. The Hall–Kier alpha value is -2.19. The molecular formula is C19H29N3O5. The molecule has 1 unspecified atom stereocenters. The molecule has 1 atom stereocenters. The van der Waals surface area contributed by atoms with Crippen LogP contribution in [0.5, 0.6) is 17.2 Å². The lowest BCUT2D eigenvalue weighted by molar-refractivity contribution is 0.0424. The summed E-state index contributed by atoms with van der Waals surface area (Å²) >= 11 is 0. The van der Waals surface area contributed by atoms with Crippen molar-refractivity contribution in [3.8, 4) is 17.2 Å². The average Bonchev–Trinajstić information content (AvgIpc) is 3.36. The second-order valence-electron chi connectivity index (χ2n) is 6.26. The molecule has 0 amide bonds. The van der Waals surface area contributed by atoms with Gasteiger partial charge in [-0.25, -0.2) is 0 Å². The van der Waals surface area contributed by atoms with Gasteiger partial charge in [0, 0.05) is 32.4 Å². The Morgan fingerprint density at radius 2 is 2.15 bits per heavy atom. The lowest BCUT2D eigenvalue weighted by atomic mass is 10.3. The zero-order valence-electron chi connectivity index (χ0n) is 15.9. The summed E-state index contributed by atoms with van der Waals surface area (Å²) in [5, 5.41) is 6.51. The van der Waals surface area contributed by atoms with Gasteiger partial charge in [0.15, 0.2) is 17.5 Å². The second-order valence-corrected chi connectivity index (χ2v) is 6.26. The van der Waals surface area contributed by atoms with Crippen molar-refractivity contribution in [2.45, 2.75) is 25.9 Å². The van der Waals surface area contributed by atoms with E-state index >= 15 is 0 Å². The molecule has 8 heteroatoms. The van der Waals surface area contributed by atoms with E-state index in [1.165, 1.54) is 0 Å². The Bertz CT molecular complexity index is 605. The molecule has 1 aromatic carbocycles.